The predicted octanol–water partition coefficient (Wildman–Crippen LogP) is 1.97. The number of ether oxygens (including phenoxy) is 2. The zero-order valence-corrected chi connectivity index (χ0v) is 13.7. The highest BCUT2D eigenvalue weighted by atomic mass is 16.5. The van der Waals surface area contributed by atoms with E-state index in [1.54, 1.807) is 32.4 Å². The lowest BCUT2D eigenvalue weighted by atomic mass is 10.1. The molecule has 0 heterocycles. The first-order valence-electron chi connectivity index (χ1n) is 7.54. The van der Waals surface area contributed by atoms with Crippen molar-refractivity contribution in [3.8, 4) is 11.5 Å². The zero-order chi connectivity index (χ0) is 16.7. The zero-order valence-electron chi connectivity index (χ0n) is 13.7. The third kappa shape index (κ3) is 4.72. The molecule has 0 saturated carbocycles. The third-order valence-electron chi connectivity index (χ3n) is 3.65. The van der Waals surface area contributed by atoms with Crippen molar-refractivity contribution in [1.82, 2.24) is 0 Å². The summed E-state index contributed by atoms with van der Waals surface area (Å²) in [6.07, 6.45) is 0. The first-order valence-corrected chi connectivity index (χ1v) is 7.54. The highest BCUT2D eigenvalue weighted by molar-refractivity contribution is 5.91. The van der Waals surface area contributed by atoms with Gasteiger partial charge in [-0.25, -0.2) is 0 Å². The topological polar surface area (TPSA) is 64.2 Å². The van der Waals surface area contributed by atoms with E-state index < -0.39 is 0 Å². The number of carbonyl (C=O) groups excluding carboxylic acids is 1. The summed E-state index contributed by atoms with van der Waals surface area (Å²) in [6.45, 7) is 2.43. The molecular formula is C18H23N2O3+. The SMILES string of the molecule is COc1ccc(NC(=O)C[NH2+][C@H](C)c2ccccc2)cc1OC. The monoisotopic (exact) mass is 315 g/mol. The number of nitrogens with one attached hydrogen (secondary N) is 1. The maximum absolute atomic E-state index is 12.1. The van der Waals surface area contributed by atoms with E-state index >= 15 is 0 Å². The normalized spacial score (nSPS) is 11.6. The molecule has 5 heteroatoms. The molecule has 23 heavy (non-hydrogen) atoms. The molecule has 0 radical (unpaired) electrons. The molecule has 5 nitrogen and oxygen atoms in total. The van der Waals surface area contributed by atoms with Crippen LogP contribution in [0.25, 0.3) is 0 Å². The van der Waals surface area contributed by atoms with Crippen LogP contribution in [0.5, 0.6) is 11.5 Å². The Kier molecular flexibility index (Phi) is 6.00. The highest BCUT2D eigenvalue weighted by Gasteiger charge is 2.12. The summed E-state index contributed by atoms with van der Waals surface area (Å²) in [6, 6.07) is 15.7. The van der Waals surface area contributed by atoms with E-state index in [4.69, 9.17) is 9.47 Å². The van der Waals surface area contributed by atoms with Crippen LogP contribution in [0.15, 0.2) is 48.5 Å². The highest BCUT2D eigenvalue weighted by Crippen LogP contribution is 2.29. The van der Waals surface area contributed by atoms with Gasteiger partial charge in [-0.2, -0.15) is 0 Å². The Morgan fingerprint density at radius 1 is 1.09 bits per heavy atom. The standard InChI is InChI=1S/C18H22N2O3/c1-13(14-7-5-4-6-8-14)19-12-18(21)20-15-9-10-16(22-2)17(11-15)23-3/h4-11,13,19H,12H2,1-3H3,(H,20,21)/p+1/t13-/m1/s1. The molecule has 2 rings (SSSR count). The van der Waals surface area contributed by atoms with Gasteiger partial charge < -0.3 is 20.1 Å². The molecule has 0 aliphatic carbocycles. The molecule has 0 fully saturated rings. The largest absolute Gasteiger partial charge is 0.493 e. The van der Waals surface area contributed by atoms with Gasteiger partial charge in [0.25, 0.3) is 5.91 Å². The van der Waals surface area contributed by atoms with Gasteiger partial charge in [-0.1, -0.05) is 30.3 Å². The van der Waals surface area contributed by atoms with Crippen molar-refractivity contribution >= 4 is 11.6 Å². The van der Waals surface area contributed by atoms with E-state index in [1.165, 1.54) is 5.56 Å². The quantitative estimate of drug-likeness (QED) is 0.821. The van der Waals surface area contributed by atoms with Crippen molar-refractivity contribution in [3.05, 3.63) is 54.1 Å². The van der Waals surface area contributed by atoms with Crippen molar-refractivity contribution in [2.75, 3.05) is 26.1 Å². The second-order valence-corrected chi connectivity index (χ2v) is 5.26. The van der Waals surface area contributed by atoms with Crippen molar-refractivity contribution in [1.29, 1.82) is 0 Å². The fourth-order valence-corrected chi connectivity index (χ4v) is 2.30. The summed E-state index contributed by atoms with van der Waals surface area (Å²) in [5.74, 6) is 1.17. The Hall–Kier alpha value is -2.53. The van der Waals surface area contributed by atoms with Crippen LogP contribution < -0.4 is 20.1 Å². The van der Waals surface area contributed by atoms with Crippen LogP contribution in [0, 0.1) is 0 Å². The number of anilines is 1. The second-order valence-electron chi connectivity index (χ2n) is 5.26. The Morgan fingerprint density at radius 2 is 1.78 bits per heavy atom. The number of methoxy groups -OCH3 is 2. The first-order chi connectivity index (χ1) is 11.1. The molecule has 2 aromatic carbocycles. The number of carbonyl (C=O) groups is 1. The predicted molar refractivity (Wildman–Crippen MR) is 89.8 cm³/mol. The minimum Gasteiger partial charge on any atom is -0.493 e. The molecule has 1 atom stereocenters. The van der Waals surface area contributed by atoms with Gasteiger partial charge >= 0.3 is 0 Å². The van der Waals surface area contributed by atoms with E-state index in [2.05, 4.69) is 24.4 Å². The molecule has 0 saturated heterocycles. The maximum atomic E-state index is 12.1. The molecule has 1 amide bonds. The molecule has 0 unspecified atom stereocenters. The van der Waals surface area contributed by atoms with Crippen LogP contribution in [0.4, 0.5) is 5.69 Å². The van der Waals surface area contributed by atoms with Crippen LogP contribution in [0.3, 0.4) is 0 Å². The Morgan fingerprint density at radius 3 is 2.43 bits per heavy atom. The first kappa shape index (κ1) is 16.8. The summed E-state index contributed by atoms with van der Waals surface area (Å²) >= 11 is 0. The fraction of sp³-hybridized carbons (Fsp3) is 0.278. The van der Waals surface area contributed by atoms with Gasteiger partial charge in [0.15, 0.2) is 18.0 Å². The van der Waals surface area contributed by atoms with Crippen molar-refractivity contribution in [2.45, 2.75) is 13.0 Å². The number of quaternary nitrogens is 1. The Bertz CT molecular complexity index is 644. The molecule has 0 spiro atoms. The van der Waals surface area contributed by atoms with Crippen LogP contribution in [-0.2, 0) is 4.79 Å². The summed E-state index contributed by atoms with van der Waals surface area (Å²) < 4.78 is 10.4. The lowest BCUT2D eigenvalue weighted by Gasteiger charge is -2.12. The summed E-state index contributed by atoms with van der Waals surface area (Å²) in [7, 11) is 3.15. The van der Waals surface area contributed by atoms with Gasteiger partial charge in [0.1, 0.15) is 6.04 Å². The van der Waals surface area contributed by atoms with Crippen molar-refractivity contribution in [2.24, 2.45) is 0 Å². The molecule has 0 aliphatic heterocycles. The number of hydrogen-bond donors (Lipinski definition) is 2. The molecular weight excluding hydrogens is 292 g/mol. The van der Waals surface area contributed by atoms with Crippen LogP contribution >= 0.6 is 0 Å². The number of amides is 1. The molecule has 2 aromatic rings. The van der Waals surface area contributed by atoms with Crippen molar-refractivity contribution < 1.29 is 19.6 Å². The minimum atomic E-state index is -0.0556. The van der Waals surface area contributed by atoms with Gasteiger partial charge in [0.05, 0.1) is 14.2 Å². The number of hydrogen-bond acceptors (Lipinski definition) is 3. The van der Waals surface area contributed by atoms with Gasteiger partial charge in [0.2, 0.25) is 0 Å². The van der Waals surface area contributed by atoms with E-state index in [-0.39, 0.29) is 11.9 Å². The lowest BCUT2D eigenvalue weighted by molar-refractivity contribution is -0.682. The number of rotatable bonds is 7. The molecule has 0 aromatic heterocycles. The van der Waals surface area contributed by atoms with Crippen LogP contribution in [-0.4, -0.2) is 26.7 Å². The summed E-state index contributed by atoms with van der Waals surface area (Å²) in [5, 5.41) is 4.87. The molecule has 0 bridgehead atoms. The smallest absolute Gasteiger partial charge is 0.279 e. The maximum Gasteiger partial charge on any atom is 0.279 e. The minimum absolute atomic E-state index is 0.0556. The lowest BCUT2D eigenvalue weighted by Crippen LogP contribution is -2.86. The van der Waals surface area contributed by atoms with E-state index in [0.29, 0.717) is 23.7 Å². The number of nitrogens with two attached hydrogens (primary N) is 1. The molecule has 0 aliphatic rings. The summed E-state index contributed by atoms with van der Waals surface area (Å²) in [4.78, 5) is 12.1. The Balaban J connectivity index is 1.90. The number of benzene rings is 2. The van der Waals surface area contributed by atoms with Crippen LogP contribution in [0.2, 0.25) is 0 Å². The summed E-state index contributed by atoms with van der Waals surface area (Å²) in [5.41, 5.74) is 1.89. The van der Waals surface area contributed by atoms with Crippen LogP contribution in [0.1, 0.15) is 18.5 Å². The van der Waals surface area contributed by atoms with Gasteiger partial charge in [0, 0.05) is 17.3 Å². The van der Waals surface area contributed by atoms with E-state index in [0.717, 1.165) is 0 Å². The average Bonchev–Trinajstić information content (AvgIpc) is 2.60. The van der Waals surface area contributed by atoms with Crippen molar-refractivity contribution in [3.63, 3.8) is 0 Å². The fourth-order valence-electron chi connectivity index (χ4n) is 2.30. The molecule has 3 N–H and O–H groups in total. The van der Waals surface area contributed by atoms with E-state index in [1.807, 2.05) is 23.5 Å². The van der Waals surface area contributed by atoms with Gasteiger partial charge in [-0.15, -0.1) is 0 Å². The van der Waals surface area contributed by atoms with Gasteiger partial charge in [-0.3, -0.25) is 4.79 Å². The van der Waals surface area contributed by atoms with E-state index in [9.17, 15) is 4.79 Å². The second kappa shape index (κ2) is 8.19. The Labute approximate surface area is 136 Å². The average molecular weight is 315 g/mol. The third-order valence-corrected chi connectivity index (χ3v) is 3.65. The van der Waals surface area contributed by atoms with Gasteiger partial charge in [-0.05, 0) is 19.1 Å². The molecule has 122 valence electrons.